The number of nitrogens with zero attached hydrogens (tertiary/aromatic N) is 4. The molecule has 2 aliphatic rings. The van der Waals surface area contributed by atoms with Crippen LogP contribution < -0.4 is 15.1 Å². The van der Waals surface area contributed by atoms with E-state index in [1.807, 2.05) is 24.3 Å². The van der Waals surface area contributed by atoms with Gasteiger partial charge in [-0.1, -0.05) is 6.92 Å². The van der Waals surface area contributed by atoms with Crippen molar-refractivity contribution in [3.8, 4) is 5.75 Å². The maximum atomic E-state index is 12.5. The molecule has 2 N–H and O–H groups in total. The first kappa shape index (κ1) is 21.5. The minimum atomic E-state index is 0.0300. The summed E-state index contributed by atoms with van der Waals surface area (Å²) in [4.78, 5) is 21.9. The number of hydrogen-bond acceptors (Lipinski definition) is 6. The van der Waals surface area contributed by atoms with Crippen molar-refractivity contribution in [2.24, 2.45) is 0 Å². The van der Waals surface area contributed by atoms with Crippen LogP contribution in [-0.2, 0) is 4.79 Å². The third kappa shape index (κ3) is 5.68. The van der Waals surface area contributed by atoms with Crippen LogP contribution >= 0.6 is 0 Å². The lowest BCUT2D eigenvalue weighted by Crippen LogP contribution is -2.48. The van der Waals surface area contributed by atoms with E-state index in [-0.39, 0.29) is 11.7 Å². The molecule has 0 atom stereocenters. The summed E-state index contributed by atoms with van der Waals surface area (Å²) in [6.07, 6.45) is 0. The maximum Gasteiger partial charge on any atom is 0.238 e. The van der Waals surface area contributed by atoms with Gasteiger partial charge in [0.1, 0.15) is 5.75 Å². The third-order valence-electron chi connectivity index (χ3n) is 6.29. The van der Waals surface area contributed by atoms with Gasteiger partial charge in [0.2, 0.25) is 5.91 Å². The molecule has 0 unspecified atom stereocenters. The molecule has 0 saturated carbocycles. The number of carbonyl (C=O) groups excluding carboxylic acids is 1. The number of benzene rings is 2. The summed E-state index contributed by atoms with van der Waals surface area (Å²) in [5.74, 6) is 0.313. The summed E-state index contributed by atoms with van der Waals surface area (Å²) in [7, 11) is 0. The molecule has 166 valence electrons. The van der Waals surface area contributed by atoms with Gasteiger partial charge >= 0.3 is 0 Å². The quantitative estimate of drug-likeness (QED) is 0.744. The molecule has 31 heavy (non-hydrogen) atoms. The molecule has 2 saturated heterocycles. The van der Waals surface area contributed by atoms with Gasteiger partial charge in [-0.2, -0.15) is 0 Å². The molecular formula is C24H33N5O2. The molecule has 0 radical (unpaired) electrons. The zero-order valence-electron chi connectivity index (χ0n) is 18.3. The van der Waals surface area contributed by atoms with Crippen molar-refractivity contribution in [3.63, 3.8) is 0 Å². The van der Waals surface area contributed by atoms with Gasteiger partial charge in [-0.3, -0.25) is 9.69 Å². The van der Waals surface area contributed by atoms with E-state index in [0.29, 0.717) is 6.54 Å². The molecule has 0 aliphatic carbocycles. The summed E-state index contributed by atoms with van der Waals surface area (Å²) < 4.78 is 0. The largest absolute Gasteiger partial charge is 0.508 e. The zero-order valence-corrected chi connectivity index (χ0v) is 18.3. The number of piperazine rings is 2. The van der Waals surface area contributed by atoms with Gasteiger partial charge in [-0.05, 0) is 55.1 Å². The van der Waals surface area contributed by atoms with Gasteiger partial charge in [-0.25, -0.2) is 0 Å². The first-order valence-corrected chi connectivity index (χ1v) is 11.2. The standard InChI is InChI=1S/C24H33N5O2/c1-2-26-11-15-28(16-12-26)21-5-3-20(4-6-21)25-24(31)19-27-13-17-29(18-14-27)22-7-9-23(30)10-8-22/h3-10,30H,2,11-19H2,1H3,(H,25,31). The number of likely N-dealkylation sites (N-methyl/N-ethyl adjacent to an activating group) is 1. The highest BCUT2D eigenvalue weighted by Crippen LogP contribution is 2.21. The number of carbonyl (C=O) groups is 1. The van der Waals surface area contributed by atoms with E-state index in [0.717, 1.165) is 70.3 Å². The minimum absolute atomic E-state index is 0.0300. The van der Waals surface area contributed by atoms with Crippen LogP contribution in [0.25, 0.3) is 0 Å². The van der Waals surface area contributed by atoms with Gasteiger partial charge in [0.15, 0.2) is 0 Å². The lowest BCUT2D eigenvalue weighted by molar-refractivity contribution is -0.117. The fourth-order valence-corrected chi connectivity index (χ4v) is 4.31. The molecule has 2 heterocycles. The van der Waals surface area contributed by atoms with Crippen molar-refractivity contribution in [1.82, 2.24) is 9.80 Å². The third-order valence-corrected chi connectivity index (χ3v) is 6.29. The Balaban J connectivity index is 1.22. The number of nitrogens with one attached hydrogen (secondary N) is 1. The number of aromatic hydroxyl groups is 1. The first-order chi connectivity index (χ1) is 15.1. The minimum Gasteiger partial charge on any atom is -0.508 e. The second-order valence-electron chi connectivity index (χ2n) is 8.30. The van der Waals surface area contributed by atoms with Crippen LogP contribution in [0.5, 0.6) is 5.75 Å². The number of amides is 1. The van der Waals surface area contributed by atoms with Crippen LogP contribution in [0.3, 0.4) is 0 Å². The molecule has 1 amide bonds. The van der Waals surface area contributed by atoms with E-state index in [1.165, 1.54) is 5.69 Å². The van der Waals surface area contributed by atoms with Crippen LogP contribution in [-0.4, -0.2) is 86.3 Å². The number of phenolic OH excluding ortho intramolecular Hbond substituents is 1. The second-order valence-corrected chi connectivity index (χ2v) is 8.30. The molecule has 7 nitrogen and oxygen atoms in total. The number of hydrogen-bond donors (Lipinski definition) is 2. The van der Waals surface area contributed by atoms with Crippen molar-refractivity contribution in [2.75, 3.05) is 80.6 Å². The molecule has 0 aromatic heterocycles. The highest BCUT2D eigenvalue weighted by Gasteiger charge is 2.20. The SMILES string of the molecule is CCN1CCN(c2ccc(NC(=O)CN3CCN(c4ccc(O)cc4)CC3)cc2)CC1. The van der Waals surface area contributed by atoms with Crippen molar-refractivity contribution in [1.29, 1.82) is 0 Å². The highest BCUT2D eigenvalue weighted by atomic mass is 16.3. The lowest BCUT2D eigenvalue weighted by Gasteiger charge is -2.36. The Morgan fingerprint density at radius 3 is 1.77 bits per heavy atom. The number of anilines is 3. The smallest absolute Gasteiger partial charge is 0.238 e. The number of phenols is 1. The summed E-state index contributed by atoms with van der Waals surface area (Å²) in [6.45, 7) is 11.5. The molecular weight excluding hydrogens is 390 g/mol. The first-order valence-electron chi connectivity index (χ1n) is 11.2. The second kappa shape index (κ2) is 10.0. The van der Waals surface area contributed by atoms with Crippen LogP contribution in [0.1, 0.15) is 6.92 Å². The van der Waals surface area contributed by atoms with E-state index in [9.17, 15) is 9.90 Å². The van der Waals surface area contributed by atoms with Crippen LogP contribution in [0.4, 0.5) is 17.1 Å². The predicted octanol–water partition coefficient (Wildman–Crippen LogP) is 2.29. The summed E-state index contributed by atoms with van der Waals surface area (Å²) in [5.41, 5.74) is 3.18. The highest BCUT2D eigenvalue weighted by molar-refractivity contribution is 5.92. The Bertz CT molecular complexity index is 839. The van der Waals surface area contributed by atoms with E-state index in [4.69, 9.17) is 0 Å². The topological polar surface area (TPSA) is 62.3 Å². The normalized spacial score (nSPS) is 18.2. The van der Waals surface area contributed by atoms with E-state index < -0.39 is 0 Å². The van der Waals surface area contributed by atoms with Gasteiger partial charge < -0.3 is 25.1 Å². The Labute approximate surface area is 184 Å². The fraction of sp³-hybridized carbons (Fsp3) is 0.458. The molecule has 2 aromatic carbocycles. The summed E-state index contributed by atoms with van der Waals surface area (Å²) >= 11 is 0. The van der Waals surface area contributed by atoms with E-state index >= 15 is 0 Å². The average molecular weight is 424 g/mol. The van der Waals surface area contributed by atoms with Crippen LogP contribution in [0, 0.1) is 0 Å². The molecule has 0 spiro atoms. The molecule has 2 fully saturated rings. The lowest BCUT2D eigenvalue weighted by atomic mass is 10.2. The average Bonchev–Trinajstić information content (AvgIpc) is 2.81. The fourth-order valence-electron chi connectivity index (χ4n) is 4.31. The van der Waals surface area contributed by atoms with Crippen LogP contribution in [0.15, 0.2) is 48.5 Å². The molecule has 2 aromatic rings. The maximum absolute atomic E-state index is 12.5. The van der Waals surface area contributed by atoms with Gasteiger partial charge in [0, 0.05) is 69.4 Å². The zero-order chi connectivity index (χ0) is 21.6. The van der Waals surface area contributed by atoms with Crippen molar-refractivity contribution in [3.05, 3.63) is 48.5 Å². The summed E-state index contributed by atoms with van der Waals surface area (Å²) in [6, 6.07) is 15.5. The predicted molar refractivity (Wildman–Crippen MR) is 126 cm³/mol. The Morgan fingerprint density at radius 2 is 1.26 bits per heavy atom. The van der Waals surface area contributed by atoms with Crippen molar-refractivity contribution >= 4 is 23.0 Å². The monoisotopic (exact) mass is 423 g/mol. The molecule has 2 aliphatic heterocycles. The molecule has 0 bridgehead atoms. The molecule has 7 heteroatoms. The van der Waals surface area contributed by atoms with E-state index in [2.05, 4.69) is 44.0 Å². The molecule has 4 rings (SSSR count). The van der Waals surface area contributed by atoms with Crippen molar-refractivity contribution in [2.45, 2.75) is 6.92 Å². The number of rotatable bonds is 6. The van der Waals surface area contributed by atoms with Gasteiger partial charge in [-0.15, -0.1) is 0 Å². The Kier molecular flexibility index (Phi) is 6.94. The van der Waals surface area contributed by atoms with Gasteiger partial charge in [0.05, 0.1) is 6.54 Å². The van der Waals surface area contributed by atoms with Gasteiger partial charge in [0.25, 0.3) is 0 Å². The summed E-state index contributed by atoms with van der Waals surface area (Å²) in [5, 5.41) is 12.5. The van der Waals surface area contributed by atoms with E-state index in [1.54, 1.807) is 12.1 Å². The van der Waals surface area contributed by atoms with Crippen LogP contribution in [0.2, 0.25) is 0 Å². The Morgan fingerprint density at radius 1 is 0.774 bits per heavy atom. The van der Waals surface area contributed by atoms with Crippen molar-refractivity contribution < 1.29 is 9.90 Å². The Hall–Kier alpha value is -2.77.